The maximum Gasteiger partial charge on any atom is 0.246 e. The predicted molar refractivity (Wildman–Crippen MR) is 95.6 cm³/mol. The fourth-order valence-electron chi connectivity index (χ4n) is 2.07. The molecule has 8 nitrogen and oxygen atoms in total. The number of carbonyl (C=O) groups excluding carboxylic acids is 2. The molecule has 0 aliphatic carbocycles. The largest absolute Gasteiger partial charge is 0.457 e. The van der Waals surface area contributed by atoms with E-state index in [1.54, 1.807) is 24.3 Å². The number of amides is 2. The molecule has 0 saturated heterocycles. The van der Waals surface area contributed by atoms with Crippen molar-refractivity contribution in [3.05, 3.63) is 64.5 Å². The molecule has 2 amide bonds. The number of hydrogen-bond acceptors (Lipinski definition) is 5. The molecule has 1 unspecified atom stereocenters. The van der Waals surface area contributed by atoms with E-state index in [2.05, 4.69) is 10.6 Å². The van der Waals surface area contributed by atoms with E-state index in [9.17, 15) is 24.1 Å². The predicted octanol–water partition coefficient (Wildman–Crippen LogP) is 2.73. The van der Waals surface area contributed by atoms with Crippen LogP contribution in [0.15, 0.2) is 48.5 Å². The second kappa shape index (κ2) is 9.27. The second-order valence-corrected chi connectivity index (χ2v) is 5.67. The molecule has 0 radical (unpaired) electrons. The summed E-state index contributed by atoms with van der Waals surface area (Å²) in [6, 6.07) is 11.2. The molecule has 2 aromatic rings. The molecule has 2 N–H and O–H groups in total. The Morgan fingerprint density at radius 1 is 1.11 bits per heavy atom. The zero-order valence-corrected chi connectivity index (χ0v) is 14.5. The van der Waals surface area contributed by atoms with E-state index in [0.29, 0.717) is 17.2 Å². The smallest absolute Gasteiger partial charge is 0.246 e. The molecule has 27 heavy (non-hydrogen) atoms. The van der Waals surface area contributed by atoms with E-state index < -0.39 is 29.3 Å². The highest BCUT2D eigenvalue weighted by Crippen LogP contribution is 2.23. The maximum atomic E-state index is 12.9. The fourth-order valence-corrected chi connectivity index (χ4v) is 2.07. The third kappa shape index (κ3) is 6.73. The van der Waals surface area contributed by atoms with Gasteiger partial charge in [0.1, 0.15) is 23.4 Å². The number of anilines is 1. The fraction of sp³-hybridized carbons (Fsp3) is 0.222. The van der Waals surface area contributed by atoms with Gasteiger partial charge in [-0.25, -0.2) is 4.39 Å². The number of nitro groups is 1. The van der Waals surface area contributed by atoms with Crippen molar-refractivity contribution in [1.82, 2.24) is 5.32 Å². The second-order valence-electron chi connectivity index (χ2n) is 5.67. The first-order chi connectivity index (χ1) is 12.8. The molecule has 9 heteroatoms. The first kappa shape index (κ1) is 19.8. The lowest BCUT2D eigenvalue weighted by Crippen LogP contribution is -2.42. The molecule has 2 aromatic carbocycles. The summed E-state index contributed by atoms with van der Waals surface area (Å²) < 4.78 is 18.4. The third-order valence-corrected chi connectivity index (χ3v) is 3.46. The van der Waals surface area contributed by atoms with Gasteiger partial charge in [0, 0.05) is 10.6 Å². The summed E-state index contributed by atoms with van der Waals surface area (Å²) in [6.45, 7) is 0.987. The third-order valence-electron chi connectivity index (χ3n) is 3.46. The minimum Gasteiger partial charge on any atom is -0.457 e. The molecule has 0 aliphatic heterocycles. The summed E-state index contributed by atoms with van der Waals surface area (Å²) >= 11 is 0. The van der Waals surface area contributed by atoms with Gasteiger partial charge in [0.25, 0.3) is 0 Å². The van der Waals surface area contributed by atoms with Crippen LogP contribution in [0.4, 0.5) is 10.1 Å². The summed E-state index contributed by atoms with van der Waals surface area (Å²) in [7, 11) is 0. The lowest BCUT2D eigenvalue weighted by Gasteiger charge is -2.14. The number of nitrogens with one attached hydrogen (secondary N) is 2. The Hall–Kier alpha value is -3.49. The number of rotatable bonds is 8. The lowest BCUT2D eigenvalue weighted by molar-refractivity contribution is -0.478. The zero-order chi connectivity index (χ0) is 19.8. The van der Waals surface area contributed by atoms with Gasteiger partial charge in [0.05, 0.1) is 6.42 Å². The molecule has 2 rings (SSSR count). The normalized spacial score (nSPS) is 11.3. The van der Waals surface area contributed by atoms with Crippen LogP contribution in [0.5, 0.6) is 11.5 Å². The zero-order valence-electron chi connectivity index (χ0n) is 14.5. The van der Waals surface area contributed by atoms with E-state index in [-0.39, 0.29) is 12.2 Å². The van der Waals surface area contributed by atoms with E-state index in [0.717, 1.165) is 0 Å². The number of ether oxygens (including phenoxy) is 1. The molecule has 0 heterocycles. The highest BCUT2D eigenvalue weighted by molar-refractivity contribution is 5.96. The topological polar surface area (TPSA) is 111 Å². The van der Waals surface area contributed by atoms with Gasteiger partial charge in [-0.05, 0) is 55.5 Å². The van der Waals surface area contributed by atoms with E-state index >= 15 is 0 Å². The van der Waals surface area contributed by atoms with Gasteiger partial charge in [-0.1, -0.05) is 0 Å². The van der Waals surface area contributed by atoms with Gasteiger partial charge in [-0.3, -0.25) is 19.7 Å². The number of halogens is 1. The van der Waals surface area contributed by atoms with Crippen molar-refractivity contribution in [2.75, 3.05) is 11.9 Å². The summed E-state index contributed by atoms with van der Waals surface area (Å²) in [5, 5.41) is 15.3. The van der Waals surface area contributed by atoms with Crippen LogP contribution in [0.1, 0.15) is 13.3 Å². The SMILES string of the molecule is CC(NC(=O)CC[N+](=O)[O-])C(=O)Nc1ccc(Oc2ccc(F)cc2)cc1. The van der Waals surface area contributed by atoms with Gasteiger partial charge in [-0.15, -0.1) is 0 Å². The quantitative estimate of drug-likeness (QED) is 0.544. The molecular formula is C18H18FN3O5. The van der Waals surface area contributed by atoms with Crippen molar-refractivity contribution in [3.8, 4) is 11.5 Å². The Morgan fingerprint density at radius 3 is 2.22 bits per heavy atom. The number of hydrogen-bond donors (Lipinski definition) is 2. The summed E-state index contributed by atoms with van der Waals surface area (Å²) in [5.41, 5.74) is 0.484. The Labute approximate surface area is 154 Å². The standard InChI is InChI=1S/C18H18FN3O5/c1-12(20-17(23)10-11-22(25)26)18(24)21-14-4-8-16(9-5-14)27-15-6-2-13(19)3-7-15/h2-9,12H,10-11H2,1H3,(H,20,23)(H,21,24). The van der Waals surface area contributed by atoms with Gasteiger partial charge in [-0.2, -0.15) is 0 Å². The Morgan fingerprint density at radius 2 is 1.67 bits per heavy atom. The Bertz CT molecular complexity index is 809. The molecule has 0 fully saturated rings. The van der Waals surface area contributed by atoms with Crippen LogP contribution in [0.2, 0.25) is 0 Å². The van der Waals surface area contributed by atoms with E-state index in [1.165, 1.54) is 31.2 Å². The summed E-state index contributed by atoms with van der Waals surface area (Å²) in [5.74, 6) is -0.422. The monoisotopic (exact) mass is 375 g/mol. The maximum absolute atomic E-state index is 12.9. The molecule has 0 spiro atoms. The molecule has 0 aliphatic rings. The summed E-state index contributed by atoms with van der Waals surface area (Å²) in [4.78, 5) is 33.2. The number of carbonyl (C=O) groups is 2. The van der Waals surface area contributed by atoms with Crippen LogP contribution in [0, 0.1) is 15.9 Å². The van der Waals surface area contributed by atoms with Gasteiger partial charge in [0.2, 0.25) is 18.4 Å². The van der Waals surface area contributed by atoms with Crippen molar-refractivity contribution in [2.24, 2.45) is 0 Å². The van der Waals surface area contributed by atoms with Crippen molar-refractivity contribution >= 4 is 17.5 Å². The lowest BCUT2D eigenvalue weighted by atomic mass is 10.2. The molecular weight excluding hydrogens is 357 g/mol. The van der Waals surface area contributed by atoms with E-state index in [4.69, 9.17) is 4.74 Å². The minimum absolute atomic E-state index is 0.292. The van der Waals surface area contributed by atoms with E-state index in [1.807, 2.05) is 0 Å². The van der Waals surface area contributed by atoms with Crippen LogP contribution < -0.4 is 15.4 Å². The van der Waals surface area contributed by atoms with Crippen LogP contribution in [0.3, 0.4) is 0 Å². The summed E-state index contributed by atoms with van der Waals surface area (Å²) in [6.07, 6.45) is -0.292. The molecule has 0 saturated carbocycles. The Kier molecular flexibility index (Phi) is 6.81. The molecule has 142 valence electrons. The van der Waals surface area contributed by atoms with Gasteiger partial charge in [0.15, 0.2) is 0 Å². The first-order valence-corrected chi connectivity index (χ1v) is 8.09. The van der Waals surface area contributed by atoms with Crippen molar-refractivity contribution in [1.29, 1.82) is 0 Å². The number of nitrogens with zero attached hydrogens (tertiary/aromatic N) is 1. The average molecular weight is 375 g/mol. The highest BCUT2D eigenvalue weighted by Gasteiger charge is 2.16. The van der Waals surface area contributed by atoms with Crippen LogP contribution in [-0.4, -0.2) is 29.3 Å². The average Bonchev–Trinajstić information content (AvgIpc) is 2.63. The van der Waals surface area contributed by atoms with Crippen molar-refractivity contribution in [3.63, 3.8) is 0 Å². The van der Waals surface area contributed by atoms with Crippen LogP contribution in [-0.2, 0) is 9.59 Å². The molecule has 0 bridgehead atoms. The van der Waals surface area contributed by atoms with Crippen molar-refractivity contribution < 1.29 is 23.6 Å². The van der Waals surface area contributed by atoms with Crippen LogP contribution >= 0.6 is 0 Å². The Balaban J connectivity index is 1.85. The minimum atomic E-state index is -0.848. The van der Waals surface area contributed by atoms with Crippen molar-refractivity contribution in [2.45, 2.75) is 19.4 Å². The highest BCUT2D eigenvalue weighted by atomic mass is 19.1. The molecule has 0 aromatic heterocycles. The van der Waals surface area contributed by atoms with Gasteiger partial charge >= 0.3 is 0 Å². The molecule has 1 atom stereocenters. The van der Waals surface area contributed by atoms with Crippen LogP contribution in [0.25, 0.3) is 0 Å². The first-order valence-electron chi connectivity index (χ1n) is 8.09. The number of benzene rings is 2. The van der Waals surface area contributed by atoms with Gasteiger partial charge < -0.3 is 15.4 Å².